The van der Waals surface area contributed by atoms with Gasteiger partial charge in [0.05, 0.1) is 6.61 Å². The van der Waals surface area contributed by atoms with Crippen molar-refractivity contribution in [3.8, 4) is 11.5 Å². The molecule has 3 heteroatoms. The molecule has 0 amide bonds. The summed E-state index contributed by atoms with van der Waals surface area (Å²) in [6.45, 7) is 7.99. The highest BCUT2D eigenvalue weighted by atomic mass is 16.5. The molecule has 1 aliphatic heterocycles. The first-order valence-electron chi connectivity index (χ1n) is 7.30. The number of ether oxygens (including phenoxy) is 2. The average molecular weight is 261 g/mol. The molecule has 1 heterocycles. The van der Waals surface area contributed by atoms with Crippen LogP contribution in [0.4, 0.5) is 0 Å². The lowest BCUT2D eigenvalue weighted by atomic mass is 10.1. The van der Waals surface area contributed by atoms with E-state index in [1.54, 1.807) is 0 Å². The first-order chi connectivity index (χ1) is 9.09. The Labute approximate surface area is 115 Å². The van der Waals surface area contributed by atoms with Crippen molar-refractivity contribution in [2.45, 2.75) is 58.2 Å². The Morgan fingerprint density at radius 3 is 2.89 bits per heavy atom. The maximum atomic E-state index is 5.84. The molecule has 1 fully saturated rings. The Bertz CT molecular complexity index is 480. The summed E-state index contributed by atoms with van der Waals surface area (Å²) in [6, 6.07) is 4.32. The molecule has 104 valence electrons. The van der Waals surface area contributed by atoms with E-state index in [0.29, 0.717) is 12.1 Å². The second kappa shape index (κ2) is 4.71. The van der Waals surface area contributed by atoms with Crippen LogP contribution < -0.4 is 14.8 Å². The Balaban J connectivity index is 1.82. The van der Waals surface area contributed by atoms with Crippen molar-refractivity contribution in [2.24, 2.45) is 0 Å². The molecule has 3 nitrogen and oxygen atoms in total. The van der Waals surface area contributed by atoms with Gasteiger partial charge in [-0.15, -0.1) is 0 Å². The SMILES string of the molecule is CCOc1cc2c(cc1CNC1(C)CC1)OC(C)C2. The van der Waals surface area contributed by atoms with Crippen molar-refractivity contribution in [3.63, 3.8) is 0 Å². The third kappa shape index (κ3) is 2.71. The minimum absolute atomic E-state index is 0.286. The van der Waals surface area contributed by atoms with Crippen molar-refractivity contribution in [3.05, 3.63) is 23.3 Å². The van der Waals surface area contributed by atoms with Crippen LogP contribution in [0.15, 0.2) is 12.1 Å². The van der Waals surface area contributed by atoms with E-state index in [9.17, 15) is 0 Å². The monoisotopic (exact) mass is 261 g/mol. The summed E-state index contributed by atoms with van der Waals surface area (Å²) < 4.78 is 11.6. The molecule has 1 unspecified atom stereocenters. The van der Waals surface area contributed by atoms with Gasteiger partial charge >= 0.3 is 0 Å². The Morgan fingerprint density at radius 1 is 1.42 bits per heavy atom. The fraction of sp³-hybridized carbons (Fsp3) is 0.625. The van der Waals surface area contributed by atoms with E-state index in [0.717, 1.165) is 24.5 Å². The minimum Gasteiger partial charge on any atom is -0.494 e. The number of hydrogen-bond acceptors (Lipinski definition) is 3. The maximum absolute atomic E-state index is 5.84. The highest BCUT2D eigenvalue weighted by Crippen LogP contribution is 2.37. The fourth-order valence-corrected chi connectivity index (χ4v) is 2.58. The van der Waals surface area contributed by atoms with Crippen molar-refractivity contribution < 1.29 is 9.47 Å². The van der Waals surface area contributed by atoms with Crippen molar-refractivity contribution >= 4 is 0 Å². The van der Waals surface area contributed by atoms with E-state index in [1.807, 2.05) is 6.92 Å². The van der Waals surface area contributed by atoms with Gasteiger partial charge in [0.25, 0.3) is 0 Å². The van der Waals surface area contributed by atoms with Crippen LogP contribution >= 0.6 is 0 Å². The van der Waals surface area contributed by atoms with Gasteiger partial charge in [0.15, 0.2) is 0 Å². The summed E-state index contributed by atoms with van der Waals surface area (Å²) >= 11 is 0. The molecule has 3 rings (SSSR count). The smallest absolute Gasteiger partial charge is 0.124 e. The third-order valence-corrected chi connectivity index (χ3v) is 4.08. The average Bonchev–Trinajstić information content (AvgIpc) is 2.98. The third-order valence-electron chi connectivity index (χ3n) is 4.08. The van der Waals surface area contributed by atoms with Gasteiger partial charge in [-0.05, 0) is 45.7 Å². The highest BCUT2D eigenvalue weighted by Gasteiger charge is 2.36. The van der Waals surface area contributed by atoms with Gasteiger partial charge in [-0.25, -0.2) is 0 Å². The zero-order valence-electron chi connectivity index (χ0n) is 12.1. The zero-order chi connectivity index (χ0) is 13.5. The fourth-order valence-electron chi connectivity index (χ4n) is 2.58. The largest absolute Gasteiger partial charge is 0.494 e. The molecule has 1 saturated carbocycles. The number of benzene rings is 1. The van der Waals surface area contributed by atoms with E-state index in [2.05, 4.69) is 31.3 Å². The molecular weight excluding hydrogens is 238 g/mol. The van der Waals surface area contributed by atoms with Crippen LogP contribution in [0.3, 0.4) is 0 Å². The first-order valence-corrected chi connectivity index (χ1v) is 7.30. The van der Waals surface area contributed by atoms with Crippen molar-refractivity contribution in [2.75, 3.05) is 6.61 Å². The molecule has 0 bridgehead atoms. The van der Waals surface area contributed by atoms with Gasteiger partial charge in [0.2, 0.25) is 0 Å². The molecule has 1 aromatic rings. The first kappa shape index (κ1) is 12.8. The molecule has 0 aromatic heterocycles. The number of hydrogen-bond donors (Lipinski definition) is 1. The van der Waals surface area contributed by atoms with Crippen LogP contribution in [0.5, 0.6) is 11.5 Å². The number of fused-ring (bicyclic) bond motifs is 1. The predicted molar refractivity (Wildman–Crippen MR) is 75.9 cm³/mol. The zero-order valence-corrected chi connectivity index (χ0v) is 12.1. The second-order valence-corrected chi connectivity index (χ2v) is 6.05. The van der Waals surface area contributed by atoms with Gasteiger partial charge in [-0.3, -0.25) is 0 Å². The van der Waals surface area contributed by atoms with Gasteiger partial charge in [0.1, 0.15) is 17.6 Å². The lowest BCUT2D eigenvalue weighted by Gasteiger charge is -2.16. The van der Waals surface area contributed by atoms with E-state index >= 15 is 0 Å². The van der Waals surface area contributed by atoms with Crippen LogP contribution in [0.25, 0.3) is 0 Å². The molecule has 2 aliphatic rings. The van der Waals surface area contributed by atoms with Crippen molar-refractivity contribution in [1.82, 2.24) is 5.32 Å². The number of nitrogens with one attached hydrogen (secondary N) is 1. The predicted octanol–water partition coefficient (Wildman–Crippen LogP) is 3.05. The molecule has 0 spiro atoms. The molecule has 0 radical (unpaired) electrons. The summed E-state index contributed by atoms with van der Waals surface area (Å²) in [5, 5.41) is 3.61. The van der Waals surface area contributed by atoms with Gasteiger partial charge in [0, 0.05) is 29.6 Å². The summed E-state index contributed by atoms with van der Waals surface area (Å²) in [5.41, 5.74) is 2.83. The molecule has 0 saturated heterocycles. The summed E-state index contributed by atoms with van der Waals surface area (Å²) in [5.74, 6) is 2.05. The topological polar surface area (TPSA) is 30.5 Å². The van der Waals surface area contributed by atoms with Crippen LogP contribution in [0, 0.1) is 0 Å². The maximum Gasteiger partial charge on any atom is 0.124 e. The quantitative estimate of drug-likeness (QED) is 0.883. The Hall–Kier alpha value is -1.22. The lowest BCUT2D eigenvalue weighted by molar-refractivity contribution is 0.254. The van der Waals surface area contributed by atoms with Gasteiger partial charge < -0.3 is 14.8 Å². The summed E-state index contributed by atoms with van der Waals surface area (Å²) in [7, 11) is 0. The molecule has 19 heavy (non-hydrogen) atoms. The molecule has 1 aliphatic carbocycles. The van der Waals surface area contributed by atoms with Gasteiger partial charge in [-0.1, -0.05) is 0 Å². The van der Waals surface area contributed by atoms with Crippen LogP contribution in [-0.4, -0.2) is 18.2 Å². The van der Waals surface area contributed by atoms with E-state index < -0.39 is 0 Å². The Kier molecular flexibility index (Phi) is 3.17. The summed E-state index contributed by atoms with van der Waals surface area (Å²) in [6.07, 6.45) is 3.82. The molecule has 1 atom stereocenters. The van der Waals surface area contributed by atoms with Crippen molar-refractivity contribution in [1.29, 1.82) is 0 Å². The van der Waals surface area contributed by atoms with Crippen LogP contribution in [0.2, 0.25) is 0 Å². The molecule has 1 N–H and O–H groups in total. The lowest BCUT2D eigenvalue weighted by Crippen LogP contribution is -2.27. The Morgan fingerprint density at radius 2 is 2.21 bits per heavy atom. The second-order valence-electron chi connectivity index (χ2n) is 6.05. The normalized spacial score (nSPS) is 22.8. The van der Waals surface area contributed by atoms with E-state index in [-0.39, 0.29) is 6.10 Å². The van der Waals surface area contributed by atoms with Crippen LogP contribution in [-0.2, 0) is 13.0 Å². The number of rotatable bonds is 5. The van der Waals surface area contributed by atoms with Crippen LogP contribution in [0.1, 0.15) is 44.7 Å². The van der Waals surface area contributed by atoms with E-state index in [1.165, 1.54) is 24.0 Å². The molecule has 1 aromatic carbocycles. The van der Waals surface area contributed by atoms with E-state index in [4.69, 9.17) is 9.47 Å². The highest BCUT2D eigenvalue weighted by molar-refractivity contribution is 5.48. The molecular formula is C16H23NO2. The van der Waals surface area contributed by atoms with Gasteiger partial charge in [-0.2, -0.15) is 0 Å². The minimum atomic E-state index is 0.286. The standard InChI is InChI=1S/C16H23NO2/c1-4-18-14-8-12-7-11(2)19-15(12)9-13(14)10-17-16(3)5-6-16/h8-9,11,17H,4-7,10H2,1-3H3. The summed E-state index contributed by atoms with van der Waals surface area (Å²) in [4.78, 5) is 0.